The number of carbonyl (C=O) groups is 1. The first-order chi connectivity index (χ1) is 11.2. The van der Waals surface area contributed by atoms with Crippen molar-refractivity contribution in [3.05, 3.63) is 29.8 Å². The molecule has 0 aliphatic carbocycles. The van der Waals surface area contributed by atoms with Gasteiger partial charge < -0.3 is 4.90 Å². The van der Waals surface area contributed by atoms with Crippen LogP contribution >= 0.6 is 0 Å². The van der Waals surface area contributed by atoms with Crippen molar-refractivity contribution in [1.29, 1.82) is 0 Å². The zero-order valence-corrected chi connectivity index (χ0v) is 15.9. The maximum atomic E-state index is 12.5. The predicted octanol–water partition coefficient (Wildman–Crippen LogP) is 3.55. The van der Waals surface area contributed by atoms with E-state index in [0.29, 0.717) is 4.90 Å². The monoisotopic (exact) mass is 351 g/mol. The van der Waals surface area contributed by atoms with Crippen LogP contribution in [0, 0.1) is 0 Å². The number of hydrogen-bond acceptors (Lipinski definition) is 3. The van der Waals surface area contributed by atoms with Crippen LogP contribution in [0.3, 0.4) is 0 Å². The lowest BCUT2D eigenvalue weighted by Gasteiger charge is -2.20. The van der Waals surface area contributed by atoms with Gasteiger partial charge in [0.2, 0.25) is 5.91 Å². The van der Waals surface area contributed by atoms with E-state index in [9.17, 15) is 13.2 Å². The number of benzene rings is 1. The minimum atomic E-state index is -3.41. The highest BCUT2D eigenvalue weighted by atomic mass is 32.2. The Balaban J connectivity index is 1.99. The molecule has 1 aromatic carbocycles. The zero-order valence-electron chi connectivity index (χ0n) is 15.0. The van der Waals surface area contributed by atoms with E-state index in [-0.39, 0.29) is 23.5 Å². The molecule has 1 fully saturated rings. The predicted molar refractivity (Wildman–Crippen MR) is 96.9 cm³/mol. The number of nitrogens with zero attached hydrogens (tertiary/aromatic N) is 1. The Hall–Kier alpha value is -1.36. The van der Waals surface area contributed by atoms with Crippen molar-refractivity contribution in [2.75, 3.05) is 18.8 Å². The minimum Gasteiger partial charge on any atom is -0.343 e. The summed E-state index contributed by atoms with van der Waals surface area (Å²) < 4.78 is 25.0. The number of carbonyl (C=O) groups excluding carboxylic acids is 1. The van der Waals surface area contributed by atoms with Crippen LogP contribution in [0.15, 0.2) is 29.2 Å². The normalized spacial score (nSPS) is 16.7. The van der Waals surface area contributed by atoms with Crippen LogP contribution in [0.1, 0.15) is 58.4 Å². The molecule has 1 aliphatic heterocycles. The number of likely N-dealkylation sites (tertiary alicyclic amines) is 1. The molecule has 0 N–H and O–H groups in total. The van der Waals surface area contributed by atoms with Gasteiger partial charge in [-0.2, -0.15) is 0 Å². The lowest BCUT2D eigenvalue weighted by molar-refractivity contribution is -0.130. The molecule has 5 heteroatoms. The highest BCUT2D eigenvalue weighted by Gasteiger charge is 2.21. The summed E-state index contributed by atoms with van der Waals surface area (Å²) in [5.41, 5.74) is 1.09. The van der Waals surface area contributed by atoms with E-state index >= 15 is 0 Å². The van der Waals surface area contributed by atoms with Gasteiger partial charge >= 0.3 is 0 Å². The molecule has 0 atom stereocenters. The smallest absolute Gasteiger partial charge is 0.223 e. The molecule has 0 aromatic heterocycles. The van der Waals surface area contributed by atoms with Gasteiger partial charge in [-0.1, -0.05) is 45.7 Å². The van der Waals surface area contributed by atoms with Crippen molar-refractivity contribution in [1.82, 2.24) is 4.90 Å². The molecule has 1 heterocycles. The van der Waals surface area contributed by atoms with Gasteiger partial charge in [0.25, 0.3) is 0 Å². The van der Waals surface area contributed by atoms with Crippen molar-refractivity contribution >= 4 is 15.7 Å². The summed E-state index contributed by atoms with van der Waals surface area (Å²) in [5.74, 6) is -0.149. The van der Waals surface area contributed by atoms with Gasteiger partial charge in [0.05, 0.1) is 10.6 Å². The third-order valence-electron chi connectivity index (χ3n) is 4.62. The van der Waals surface area contributed by atoms with E-state index in [4.69, 9.17) is 0 Å². The number of hydrogen-bond donors (Lipinski definition) is 0. The van der Waals surface area contributed by atoms with Crippen molar-refractivity contribution in [3.63, 3.8) is 0 Å². The summed E-state index contributed by atoms with van der Waals surface area (Å²) in [4.78, 5) is 14.4. The zero-order chi connectivity index (χ0) is 17.8. The lowest BCUT2D eigenvalue weighted by Crippen LogP contribution is -2.33. The first-order valence-corrected chi connectivity index (χ1v) is 10.5. The van der Waals surface area contributed by atoms with E-state index in [1.807, 2.05) is 17.0 Å². The van der Waals surface area contributed by atoms with Gasteiger partial charge in [0, 0.05) is 19.5 Å². The average molecular weight is 352 g/mol. The highest BCUT2D eigenvalue weighted by Crippen LogP contribution is 2.24. The van der Waals surface area contributed by atoms with Crippen molar-refractivity contribution in [3.8, 4) is 0 Å². The third kappa shape index (κ3) is 5.07. The van der Waals surface area contributed by atoms with Crippen LogP contribution in [0.2, 0.25) is 0 Å². The molecule has 0 spiro atoms. The largest absolute Gasteiger partial charge is 0.343 e. The van der Waals surface area contributed by atoms with Crippen LogP contribution in [0.5, 0.6) is 0 Å². The standard InChI is InChI=1S/C19H29NO3S/c1-19(2,3)16-8-10-17(11-9-16)24(22,23)15-12-18(21)20-13-6-4-5-7-14-20/h8-11H,4-7,12-15H2,1-3H3. The first-order valence-electron chi connectivity index (χ1n) is 8.81. The SMILES string of the molecule is CC(C)(C)c1ccc(S(=O)(=O)CCC(=O)N2CCCCCC2)cc1. The molecule has 0 saturated carbocycles. The Bertz CT molecular complexity index is 649. The molecule has 0 radical (unpaired) electrons. The third-order valence-corrected chi connectivity index (χ3v) is 6.35. The molecular weight excluding hydrogens is 322 g/mol. The second-order valence-electron chi connectivity index (χ2n) is 7.64. The van der Waals surface area contributed by atoms with Crippen LogP contribution < -0.4 is 0 Å². The quantitative estimate of drug-likeness (QED) is 0.833. The summed E-state index contributed by atoms with van der Waals surface area (Å²) in [6, 6.07) is 7.05. The van der Waals surface area contributed by atoms with E-state index in [2.05, 4.69) is 20.8 Å². The van der Waals surface area contributed by atoms with Crippen LogP contribution in [0.25, 0.3) is 0 Å². The molecular formula is C19H29NO3S. The fraction of sp³-hybridized carbons (Fsp3) is 0.632. The molecule has 2 rings (SSSR count). The minimum absolute atomic E-state index is 0.00890. The number of amides is 1. The molecule has 1 saturated heterocycles. The molecule has 134 valence electrons. The van der Waals surface area contributed by atoms with E-state index < -0.39 is 9.84 Å². The lowest BCUT2D eigenvalue weighted by atomic mass is 9.87. The molecule has 0 unspecified atom stereocenters. The fourth-order valence-corrected chi connectivity index (χ4v) is 4.21. The second kappa shape index (κ2) is 7.68. The molecule has 1 amide bonds. The molecule has 24 heavy (non-hydrogen) atoms. The van der Waals surface area contributed by atoms with Gasteiger partial charge in [0.1, 0.15) is 0 Å². The van der Waals surface area contributed by atoms with Gasteiger partial charge in [-0.05, 0) is 36.0 Å². The van der Waals surface area contributed by atoms with E-state index in [1.165, 1.54) is 0 Å². The van der Waals surface area contributed by atoms with Crippen molar-refractivity contribution < 1.29 is 13.2 Å². The molecule has 4 nitrogen and oxygen atoms in total. The van der Waals surface area contributed by atoms with Crippen molar-refractivity contribution in [2.24, 2.45) is 0 Å². The van der Waals surface area contributed by atoms with Gasteiger partial charge in [-0.15, -0.1) is 0 Å². The maximum absolute atomic E-state index is 12.5. The Morgan fingerprint density at radius 1 is 1.00 bits per heavy atom. The Morgan fingerprint density at radius 2 is 1.54 bits per heavy atom. The number of rotatable bonds is 4. The summed E-state index contributed by atoms with van der Waals surface area (Å²) >= 11 is 0. The Labute approximate surface area is 146 Å². The fourth-order valence-electron chi connectivity index (χ4n) is 2.98. The average Bonchev–Trinajstić information content (AvgIpc) is 2.81. The summed E-state index contributed by atoms with van der Waals surface area (Å²) in [6.45, 7) is 7.81. The molecule has 1 aromatic rings. The summed E-state index contributed by atoms with van der Waals surface area (Å²) in [6.07, 6.45) is 4.42. The summed E-state index contributed by atoms with van der Waals surface area (Å²) in [5, 5.41) is 0. The number of sulfone groups is 1. The maximum Gasteiger partial charge on any atom is 0.223 e. The Morgan fingerprint density at radius 3 is 2.04 bits per heavy atom. The topological polar surface area (TPSA) is 54.5 Å². The van der Waals surface area contributed by atoms with Crippen LogP contribution in [-0.2, 0) is 20.0 Å². The first kappa shape index (κ1) is 19.0. The second-order valence-corrected chi connectivity index (χ2v) is 9.75. The van der Waals surface area contributed by atoms with Crippen LogP contribution in [-0.4, -0.2) is 38.1 Å². The van der Waals surface area contributed by atoms with Gasteiger partial charge in [-0.3, -0.25) is 4.79 Å². The van der Waals surface area contributed by atoms with E-state index in [0.717, 1.165) is 44.3 Å². The molecule has 0 bridgehead atoms. The van der Waals surface area contributed by atoms with Gasteiger partial charge in [0.15, 0.2) is 9.84 Å². The molecule has 1 aliphatic rings. The summed E-state index contributed by atoms with van der Waals surface area (Å²) in [7, 11) is -3.41. The van der Waals surface area contributed by atoms with Gasteiger partial charge in [-0.25, -0.2) is 8.42 Å². The van der Waals surface area contributed by atoms with E-state index in [1.54, 1.807) is 12.1 Å². The van der Waals surface area contributed by atoms with Crippen LogP contribution in [0.4, 0.5) is 0 Å². The highest BCUT2D eigenvalue weighted by molar-refractivity contribution is 7.91. The van der Waals surface area contributed by atoms with Crippen molar-refractivity contribution in [2.45, 2.75) is 63.2 Å². The Kier molecular flexibility index (Phi) is 6.07.